The quantitative estimate of drug-likeness (QED) is 0.427. The van der Waals surface area contributed by atoms with Crippen molar-refractivity contribution in [3.05, 3.63) is 83.2 Å². The SMILES string of the molecule is CC(C)c1ccc(C2CC2C(C)(C)c2ccc(-c3ncccn3)cc2)cc1C(F)(F)F. The second kappa shape index (κ2) is 7.77. The standard InChI is InChI=1S/C26H27F3N2/c1-16(2)20-11-8-18(14-23(20)26(27,28)29)21-15-22(21)25(3,4)19-9-6-17(7-10-19)24-30-12-5-13-31-24/h5-14,16,21-22H,15H2,1-4H3. The third-order valence-electron chi connectivity index (χ3n) is 6.60. The maximum Gasteiger partial charge on any atom is 0.416 e. The van der Waals surface area contributed by atoms with Gasteiger partial charge >= 0.3 is 6.18 Å². The van der Waals surface area contributed by atoms with E-state index in [4.69, 9.17) is 0 Å². The lowest BCUT2D eigenvalue weighted by molar-refractivity contribution is -0.138. The number of halogens is 3. The summed E-state index contributed by atoms with van der Waals surface area (Å²) >= 11 is 0. The first-order valence-corrected chi connectivity index (χ1v) is 10.7. The summed E-state index contributed by atoms with van der Waals surface area (Å²) in [5.74, 6) is 0.969. The zero-order valence-corrected chi connectivity index (χ0v) is 18.2. The fraction of sp³-hybridized carbons (Fsp3) is 0.385. The van der Waals surface area contributed by atoms with Crippen LogP contribution in [0.3, 0.4) is 0 Å². The fourth-order valence-electron chi connectivity index (χ4n) is 4.63. The number of hydrogen-bond acceptors (Lipinski definition) is 2. The second-order valence-corrected chi connectivity index (χ2v) is 9.32. The molecule has 1 saturated carbocycles. The molecule has 2 atom stereocenters. The Balaban J connectivity index is 1.57. The van der Waals surface area contributed by atoms with Gasteiger partial charge < -0.3 is 0 Å². The van der Waals surface area contributed by atoms with Crippen molar-refractivity contribution in [2.45, 2.75) is 57.5 Å². The van der Waals surface area contributed by atoms with E-state index in [0.717, 1.165) is 17.5 Å². The molecule has 162 valence electrons. The van der Waals surface area contributed by atoms with Crippen LogP contribution in [-0.4, -0.2) is 9.97 Å². The third-order valence-corrected chi connectivity index (χ3v) is 6.60. The lowest BCUT2D eigenvalue weighted by Gasteiger charge is -2.26. The Bertz CT molecular complexity index is 1050. The Morgan fingerprint density at radius 2 is 1.58 bits per heavy atom. The Morgan fingerprint density at radius 1 is 0.935 bits per heavy atom. The minimum absolute atomic E-state index is 0.143. The molecule has 1 aliphatic rings. The number of nitrogens with zero attached hydrogens (tertiary/aromatic N) is 2. The van der Waals surface area contributed by atoms with Crippen molar-refractivity contribution in [1.82, 2.24) is 9.97 Å². The Morgan fingerprint density at radius 3 is 2.16 bits per heavy atom. The van der Waals surface area contributed by atoms with Gasteiger partial charge in [-0.25, -0.2) is 9.97 Å². The molecule has 0 spiro atoms. The van der Waals surface area contributed by atoms with Crippen molar-refractivity contribution >= 4 is 0 Å². The van der Waals surface area contributed by atoms with Gasteiger partial charge in [-0.3, -0.25) is 0 Å². The highest BCUT2D eigenvalue weighted by Crippen LogP contribution is 2.58. The minimum atomic E-state index is -4.33. The summed E-state index contributed by atoms with van der Waals surface area (Å²) in [5.41, 5.74) is 2.66. The van der Waals surface area contributed by atoms with Crippen LogP contribution in [0, 0.1) is 5.92 Å². The summed E-state index contributed by atoms with van der Waals surface area (Å²) in [4.78, 5) is 8.57. The molecular formula is C26H27F3N2. The molecule has 0 bridgehead atoms. The fourth-order valence-corrected chi connectivity index (χ4v) is 4.63. The summed E-state index contributed by atoms with van der Waals surface area (Å²) in [6.07, 6.45) is 0.00319. The van der Waals surface area contributed by atoms with Crippen molar-refractivity contribution in [3.63, 3.8) is 0 Å². The zero-order valence-electron chi connectivity index (χ0n) is 18.2. The molecule has 1 fully saturated rings. The molecule has 0 N–H and O–H groups in total. The van der Waals surface area contributed by atoms with E-state index in [1.807, 2.05) is 18.2 Å². The number of rotatable bonds is 5. The van der Waals surface area contributed by atoms with Crippen molar-refractivity contribution in [2.24, 2.45) is 5.92 Å². The molecule has 1 heterocycles. The smallest absolute Gasteiger partial charge is 0.237 e. The summed E-state index contributed by atoms with van der Waals surface area (Å²) in [6, 6.07) is 14.9. The van der Waals surface area contributed by atoms with Gasteiger partial charge in [0.05, 0.1) is 5.56 Å². The maximum atomic E-state index is 13.6. The molecule has 1 aliphatic carbocycles. The van der Waals surface area contributed by atoms with Gasteiger partial charge in [-0.15, -0.1) is 0 Å². The van der Waals surface area contributed by atoms with E-state index < -0.39 is 11.7 Å². The Kier molecular flexibility index (Phi) is 5.40. The minimum Gasteiger partial charge on any atom is -0.237 e. The molecule has 4 rings (SSSR count). The van der Waals surface area contributed by atoms with Crippen molar-refractivity contribution < 1.29 is 13.2 Å². The molecule has 2 unspecified atom stereocenters. The first kappa shape index (κ1) is 21.5. The molecule has 1 aromatic heterocycles. The maximum absolute atomic E-state index is 13.6. The van der Waals surface area contributed by atoms with E-state index >= 15 is 0 Å². The van der Waals surface area contributed by atoms with Crippen molar-refractivity contribution in [3.8, 4) is 11.4 Å². The molecule has 2 nitrogen and oxygen atoms in total. The predicted molar refractivity (Wildman–Crippen MR) is 117 cm³/mol. The van der Waals surface area contributed by atoms with Crippen LogP contribution < -0.4 is 0 Å². The summed E-state index contributed by atoms with van der Waals surface area (Å²) in [6.45, 7) is 7.96. The third kappa shape index (κ3) is 4.23. The van der Waals surface area contributed by atoms with Crippen molar-refractivity contribution in [1.29, 1.82) is 0 Å². The highest BCUT2D eigenvalue weighted by atomic mass is 19.4. The van der Waals surface area contributed by atoms with Crippen LogP contribution in [0.2, 0.25) is 0 Å². The van der Waals surface area contributed by atoms with E-state index in [9.17, 15) is 13.2 Å². The van der Waals surface area contributed by atoms with Crippen LogP contribution in [0.5, 0.6) is 0 Å². The number of alkyl halides is 3. The molecule has 0 saturated heterocycles. The van der Waals surface area contributed by atoms with E-state index in [1.54, 1.807) is 38.4 Å². The first-order chi connectivity index (χ1) is 14.6. The lowest BCUT2D eigenvalue weighted by atomic mass is 9.78. The normalized spacial score (nSPS) is 19.0. The highest BCUT2D eigenvalue weighted by Gasteiger charge is 2.49. The summed E-state index contributed by atoms with van der Waals surface area (Å²) in [5, 5.41) is 0. The van der Waals surface area contributed by atoms with Gasteiger partial charge in [0.1, 0.15) is 0 Å². The van der Waals surface area contributed by atoms with Gasteiger partial charge in [0.2, 0.25) is 0 Å². The second-order valence-electron chi connectivity index (χ2n) is 9.32. The van der Waals surface area contributed by atoms with Gasteiger partial charge in [-0.05, 0) is 58.4 Å². The van der Waals surface area contributed by atoms with Crippen LogP contribution in [0.4, 0.5) is 13.2 Å². The van der Waals surface area contributed by atoms with Crippen LogP contribution in [0.1, 0.15) is 68.2 Å². The first-order valence-electron chi connectivity index (χ1n) is 10.7. The van der Waals surface area contributed by atoms with E-state index in [2.05, 4.69) is 35.9 Å². The number of hydrogen-bond donors (Lipinski definition) is 0. The van der Waals surface area contributed by atoms with Gasteiger partial charge in [0.15, 0.2) is 5.82 Å². The van der Waals surface area contributed by atoms with Crippen LogP contribution in [-0.2, 0) is 11.6 Å². The van der Waals surface area contributed by atoms with Gasteiger partial charge in [0, 0.05) is 18.0 Å². The average Bonchev–Trinajstić information content (AvgIpc) is 3.55. The summed E-state index contributed by atoms with van der Waals surface area (Å²) in [7, 11) is 0. The molecule has 0 amide bonds. The lowest BCUT2D eigenvalue weighted by Crippen LogP contribution is -2.21. The van der Waals surface area contributed by atoms with E-state index in [1.165, 1.54) is 11.6 Å². The highest BCUT2D eigenvalue weighted by molar-refractivity contribution is 5.55. The Hall–Kier alpha value is -2.69. The van der Waals surface area contributed by atoms with Gasteiger partial charge in [-0.2, -0.15) is 13.2 Å². The Labute approximate surface area is 181 Å². The molecule has 5 heteroatoms. The molecular weight excluding hydrogens is 397 g/mol. The average molecular weight is 425 g/mol. The van der Waals surface area contributed by atoms with Gasteiger partial charge in [0.25, 0.3) is 0 Å². The van der Waals surface area contributed by atoms with Gasteiger partial charge in [-0.1, -0.05) is 64.1 Å². The monoisotopic (exact) mass is 424 g/mol. The van der Waals surface area contributed by atoms with Crippen LogP contribution >= 0.6 is 0 Å². The number of benzene rings is 2. The van der Waals surface area contributed by atoms with Crippen LogP contribution in [0.25, 0.3) is 11.4 Å². The predicted octanol–water partition coefficient (Wildman–Crippen LogP) is 7.37. The topological polar surface area (TPSA) is 25.8 Å². The van der Waals surface area contributed by atoms with E-state index in [-0.39, 0.29) is 17.3 Å². The molecule has 3 aromatic rings. The van der Waals surface area contributed by atoms with E-state index in [0.29, 0.717) is 17.3 Å². The molecule has 31 heavy (non-hydrogen) atoms. The molecule has 0 radical (unpaired) electrons. The zero-order chi connectivity index (χ0) is 22.4. The molecule has 0 aliphatic heterocycles. The molecule has 2 aromatic carbocycles. The van der Waals surface area contributed by atoms with Crippen LogP contribution in [0.15, 0.2) is 60.9 Å². The largest absolute Gasteiger partial charge is 0.416 e. The summed E-state index contributed by atoms with van der Waals surface area (Å²) < 4.78 is 40.9. The van der Waals surface area contributed by atoms with Crippen molar-refractivity contribution in [2.75, 3.05) is 0 Å². The number of aromatic nitrogens is 2.